The van der Waals surface area contributed by atoms with E-state index in [9.17, 15) is 18.4 Å². The van der Waals surface area contributed by atoms with Crippen LogP contribution in [0.3, 0.4) is 0 Å². The highest BCUT2D eigenvalue weighted by Gasteiger charge is 2.45. The maximum atomic E-state index is 14.7. The minimum Gasteiger partial charge on any atom is -0.337 e. The Labute approximate surface area is 164 Å². The van der Waals surface area contributed by atoms with Gasteiger partial charge in [0.15, 0.2) is 0 Å². The molecule has 2 aliphatic rings. The number of amides is 2. The summed E-state index contributed by atoms with van der Waals surface area (Å²) in [6.45, 7) is 5.61. The van der Waals surface area contributed by atoms with Crippen molar-refractivity contribution in [2.24, 2.45) is 5.92 Å². The summed E-state index contributed by atoms with van der Waals surface area (Å²) in [6.07, 6.45) is 1.91. The van der Waals surface area contributed by atoms with Gasteiger partial charge in [-0.3, -0.25) is 14.5 Å². The molecule has 0 bridgehead atoms. The van der Waals surface area contributed by atoms with Gasteiger partial charge in [-0.1, -0.05) is 36.9 Å². The summed E-state index contributed by atoms with van der Waals surface area (Å²) in [5, 5.41) is 0. The number of carbonyl (C=O) groups is 2. The zero-order valence-electron chi connectivity index (χ0n) is 16.0. The number of rotatable bonds is 5. The molecule has 0 saturated carbocycles. The van der Waals surface area contributed by atoms with Crippen LogP contribution in [0.1, 0.15) is 12.0 Å². The predicted octanol–water partition coefficient (Wildman–Crippen LogP) is 2.04. The first-order chi connectivity index (χ1) is 13.4. The number of hydrogen-bond donors (Lipinski definition) is 0. The smallest absolute Gasteiger partial charge is 0.268 e. The van der Waals surface area contributed by atoms with E-state index in [-0.39, 0.29) is 18.4 Å². The molecule has 5 nitrogen and oxygen atoms in total. The maximum absolute atomic E-state index is 14.7. The molecular weight excluding hydrogens is 364 g/mol. The molecule has 2 amide bonds. The Morgan fingerprint density at radius 2 is 1.75 bits per heavy atom. The monoisotopic (exact) mass is 391 g/mol. The largest absolute Gasteiger partial charge is 0.337 e. The summed E-state index contributed by atoms with van der Waals surface area (Å²) in [4.78, 5) is 29.0. The van der Waals surface area contributed by atoms with E-state index in [1.807, 2.05) is 35.2 Å². The van der Waals surface area contributed by atoms with Crippen LogP contribution in [0, 0.1) is 5.92 Å². The highest BCUT2D eigenvalue weighted by Crippen LogP contribution is 2.35. The molecule has 3 rings (SSSR count). The van der Waals surface area contributed by atoms with Crippen molar-refractivity contribution in [2.75, 3.05) is 45.8 Å². The SMILES string of the molecule is C=CC(=O)N1CCN(CC(=O)N2CCC(Cc3ccccc3)C(F)(F)C2)CC1. The topological polar surface area (TPSA) is 43.9 Å². The van der Waals surface area contributed by atoms with Crippen LogP contribution in [-0.4, -0.2) is 78.2 Å². The third kappa shape index (κ3) is 4.95. The van der Waals surface area contributed by atoms with Crippen molar-refractivity contribution in [2.45, 2.75) is 18.8 Å². The average Bonchev–Trinajstić information content (AvgIpc) is 2.70. The van der Waals surface area contributed by atoms with Gasteiger partial charge in [0.2, 0.25) is 11.8 Å². The number of piperazine rings is 1. The summed E-state index contributed by atoms with van der Waals surface area (Å²) < 4.78 is 29.3. The molecule has 0 radical (unpaired) electrons. The lowest BCUT2D eigenvalue weighted by Crippen LogP contribution is -2.55. The number of nitrogens with zero attached hydrogens (tertiary/aromatic N) is 3. The van der Waals surface area contributed by atoms with Crippen LogP contribution >= 0.6 is 0 Å². The second-order valence-electron chi connectivity index (χ2n) is 7.56. The Morgan fingerprint density at radius 1 is 1.07 bits per heavy atom. The van der Waals surface area contributed by atoms with E-state index in [2.05, 4.69) is 6.58 Å². The van der Waals surface area contributed by atoms with Crippen LogP contribution in [-0.2, 0) is 16.0 Å². The molecule has 2 saturated heterocycles. The molecule has 28 heavy (non-hydrogen) atoms. The van der Waals surface area contributed by atoms with Crippen LogP contribution < -0.4 is 0 Å². The molecule has 0 aromatic heterocycles. The Kier molecular flexibility index (Phi) is 6.44. The molecule has 1 aromatic rings. The molecule has 1 atom stereocenters. The van der Waals surface area contributed by atoms with E-state index in [1.54, 1.807) is 4.90 Å². The van der Waals surface area contributed by atoms with E-state index < -0.39 is 18.4 Å². The molecule has 1 aromatic carbocycles. The van der Waals surface area contributed by atoms with Gasteiger partial charge in [0, 0.05) is 38.6 Å². The number of carbonyl (C=O) groups excluding carboxylic acids is 2. The molecule has 0 spiro atoms. The first-order valence-electron chi connectivity index (χ1n) is 9.72. The number of piperidine rings is 1. The van der Waals surface area contributed by atoms with Gasteiger partial charge < -0.3 is 9.80 Å². The lowest BCUT2D eigenvalue weighted by atomic mass is 9.87. The van der Waals surface area contributed by atoms with Gasteiger partial charge in [-0.05, 0) is 24.5 Å². The number of hydrogen-bond acceptors (Lipinski definition) is 3. The van der Waals surface area contributed by atoms with Crippen molar-refractivity contribution in [3.8, 4) is 0 Å². The third-order valence-corrected chi connectivity index (χ3v) is 5.64. The fourth-order valence-electron chi connectivity index (χ4n) is 3.90. The normalized spacial score (nSPS) is 22.7. The molecule has 2 heterocycles. The van der Waals surface area contributed by atoms with Crippen molar-refractivity contribution in [3.05, 3.63) is 48.6 Å². The number of alkyl halides is 2. The van der Waals surface area contributed by atoms with Crippen molar-refractivity contribution in [1.29, 1.82) is 0 Å². The summed E-state index contributed by atoms with van der Waals surface area (Å²) in [5.74, 6) is -4.02. The van der Waals surface area contributed by atoms with Crippen molar-refractivity contribution in [3.63, 3.8) is 0 Å². The van der Waals surface area contributed by atoms with Crippen molar-refractivity contribution in [1.82, 2.24) is 14.7 Å². The molecule has 152 valence electrons. The van der Waals surface area contributed by atoms with Gasteiger partial charge in [0.1, 0.15) is 0 Å². The Balaban J connectivity index is 1.50. The zero-order valence-corrected chi connectivity index (χ0v) is 16.0. The second kappa shape index (κ2) is 8.82. The number of benzene rings is 1. The summed E-state index contributed by atoms with van der Waals surface area (Å²) in [6, 6.07) is 9.31. The van der Waals surface area contributed by atoms with Gasteiger partial charge in [-0.25, -0.2) is 8.78 Å². The summed E-state index contributed by atoms with van der Waals surface area (Å²) >= 11 is 0. The molecular formula is C21H27F2N3O2. The average molecular weight is 391 g/mol. The third-order valence-electron chi connectivity index (χ3n) is 5.64. The lowest BCUT2D eigenvalue weighted by molar-refractivity contribution is -0.151. The fraction of sp³-hybridized carbons (Fsp3) is 0.524. The number of likely N-dealkylation sites (tertiary alicyclic amines) is 1. The minimum absolute atomic E-state index is 0.119. The van der Waals surface area contributed by atoms with Gasteiger partial charge >= 0.3 is 0 Å². The van der Waals surface area contributed by atoms with E-state index in [1.165, 1.54) is 11.0 Å². The zero-order chi connectivity index (χ0) is 20.1. The summed E-state index contributed by atoms with van der Waals surface area (Å²) in [7, 11) is 0. The molecule has 1 unspecified atom stereocenters. The van der Waals surface area contributed by atoms with E-state index in [0.29, 0.717) is 45.6 Å². The Morgan fingerprint density at radius 3 is 2.36 bits per heavy atom. The van der Waals surface area contributed by atoms with Crippen LogP contribution in [0.4, 0.5) is 8.78 Å². The fourth-order valence-corrected chi connectivity index (χ4v) is 3.90. The first-order valence-corrected chi connectivity index (χ1v) is 9.72. The van der Waals surface area contributed by atoms with Crippen LogP contribution in [0.2, 0.25) is 0 Å². The van der Waals surface area contributed by atoms with Gasteiger partial charge in [-0.15, -0.1) is 0 Å². The Bertz CT molecular complexity index is 703. The van der Waals surface area contributed by atoms with Crippen LogP contribution in [0.15, 0.2) is 43.0 Å². The highest BCUT2D eigenvalue weighted by atomic mass is 19.3. The molecule has 0 N–H and O–H groups in total. The summed E-state index contributed by atoms with van der Waals surface area (Å²) in [5.41, 5.74) is 0.902. The van der Waals surface area contributed by atoms with E-state index in [0.717, 1.165) is 5.56 Å². The van der Waals surface area contributed by atoms with Gasteiger partial charge in [0.05, 0.1) is 13.1 Å². The first kappa shape index (κ1) is 20.5. The van der Waals surface area contributed by atoms with Crippen molar-refractivity contribution >= 4 is 11.8 Å². The predicted molar refractivity (Wildman–Crippen MR) is 103 cm³/mol. The van der Waals surface area contributed by atoms with Crippen molar-refractivity contribution < 1.29 is 18.4 Å². The van der Waals surface area contributed by atoms with E-state index in [4.69, 9.17) is 0 Å². The molecule has 0 aliphatic carbocycles. The van der Waals surface area contributed by atoms with Crippen LogP contribution in [0.25, 0.3) is 0 Å². The molecule has 2 aliphatic heterocycles. The Hall–Kier alpha value is -2.28. The lowest BCUT2D eigenvalue weighted by Gasteiger charge is -2.40. The van der Waals surface area contributed by atoms with Crippen LogP contribution in [0.5, 0.6) is 0 Å². The molecule has 2 fully saturated rings. The van der Waals surface area contributed by atoms with Gasteiger partial charge in [-0.2, -0.15) is 0 Å². The van der Waals surface area contributed by atoms with E-state index >= 15 is 0 Å². The number of halogens is 2. The molecule has 7 heteroatoms. The second-order valence-corrected chi connectivity index (χ2v) is 7.56. The van der Waals surface area contributed by atoms with Gasteiger partial charge in [0.25, 0.3) is 5.92 Å². The quantitative estimate of drug-likeness (QED) is 0.722. The maximum Gasteiger partial charge on any atom is 0.268 e. The standard InChI is InChI=1S/C21H27F2N3O2/c1-2-19(27)25-12-10-24(11-13-25)15-20(28)26-9-8-18(21(22,23)16-26)14-17-6-4-3-5-7-17/h2-7,18H,1,8-16H2. The highest BCUT2D eigenvalue weighted by molar-refractivity contribution is 5.87. The minimum atomic E-state index is -2.89.